The Hall–Kier alpha value is -3.10. The molecule has 1 heterocycles. The fourth-order valence-electron chi connectivity index (χ4n) is 4.00. The van der Waals surface area contributed by atoms with Crippen molar-refractivity contribution in [3.05, 3.63) is 59.2 Å². The molecule has 35 heavy (non-hydrogen) atoms. The summed E-state index contributed by atoms with van der Waals surface area (Å²) in [7, 11) is 0. The van der Waals surface area contributed by atoms with E-state index in [1.807, 2.05) is 51.1 Å². The number of amides is 2. The molecule has 1 atom stereocenters. The molecule has 2 amide bonds. The van der Waals surface area contributed by atoms with Gasteiger partial charge in [0, 0.05) is 19.0 Å². The number of hydrogen-bond acceptors (Lipinski definition) is 6. The van der Waals surface area contributed by atoms with Crippen LogP contribution in [-0.4, -0.2) is 60.5 Å². The molecule has 1 saturated heterocycles. The van der Waals surface area contributed by atoms with Crippen molar-refractivity contribution in [1.29, 1.82) is 0 Å². The van der Waals surface area contributed by atoms with E-state index in [2.05, 4.69) is 5.32 Å². The molecule has 0 aromatic heterocycles. The van der Waals surface area contributed by atoms with Crippen molar-refractivity contribution >= 4 is 17.7 Å². The van der Waals surface area contributed by atoms with Crippen molar-refractivity contribution in [2.24, 2.45) is 0 Å². The highest BCUT2D eigenvalue weighted by atomic mass is 16.5. The van der Waals surface area contributed by atoms with E-state index in [9.17, 15) is 14.7 Å². The summed E-state index contributed by atoms with van der Waals surface area (Å²) in [6.45, 7) is 7.44. The fourth-order valence-corrected chi connectivity index (χ4v) is 4.00. The standard InChI is InChI=1S/C27H36N2O6/c1-19(2)33-13-8-14-34-25-16-24(28-27(32)35-18-21-9-5-4-6-10-21)23(15-20(25)3)26(31)29-12-7-11-22(29)17-30/h4-6,9-10,15-16,19,22,30H,7-8,11-14,17-18H2,1-3H3,(H,28,32)/t22-/m0/s1. The molecule has 2 aromatic carbocycles. The maximum Gasteiger partial charge on any atom is 0.411 e. The number of anilines is 1. The largest absolute Gasteiger partial charge is 0.493 e. The maximum atomic E-state index is 13.4. The van der Waals surface area contributed by atoms with E-state index in [0.717, 1.165) is 24.0 Å². The van der Waals surface area contributed by atoms with E-state index < -0.39 is 6.09 Å². The smallest absolute Gasteiger partial charge is 0.411 e. The zero-order valence-corrected chi connectivity index (χ0v) is 20.8. The number of benzene rings is 2. The third kappa shape index (κ3) is 7.70. The van der Waals surface area contributed by atoms with Gasteiger partial charge in [0.2, 0.25) is 0 Å². The molecule has 1 aliphatic heterocycles. The molecule has 0 radical (unpaired) electrons. The zero-order valence-electron chi connectivity index (χ0n) is 20.8. The first-order valence-electron chi connectivity index (χ1n) is 12.2. The van der Waals surface area contributed by atoms with Gasteiger partial charge in [-0.15, -0.1) is 0 Å². The zero-order chi connectivity index (χ0) is 25.2. The first-order chi connectivity index (χ1) is 16.9. The summed E-state index contributed by atoms with van der Waals surface area (Å²) < 4.78 is 16.9. The molecule has 0 bridgehead atoms. The van der Waals surface area contributed by atoms with Crippen molar-refractivity contribution in [1.82, 2.24) is 4.90 Å². The lowest BCUT2D eigenvalue weighted by atomic mass is 10.1. The van der Waals surface area contributed by atoms with Gasteiger partial charge in [-0.05, 0) is 50.8 Å². The number of nitrogens with one attached hydrogen (secondary N) is 1. The number of carbonyl (C=O) groups is 2. The second kappa shape index (κ2) is 13.1. The first-order valence-corrected chi connectivity index (χ1v) is 12.2. The molecule has 0 saturated carbocycles. The van der Waals surface area contributed by atoms with Crippen LogP contribution in [0.4, 0.5) is 10.5 Å². The number of aliphatic hydroxyl groups excluding tert-OH is 1. The second-order valence-corrected chi connectivity index (χ2v) is 8.95. The molecule has 2 aromatic rings. The van der Waals surface area contributed by atoms with Crippen molar-refractivity contribution in [3.8, 4) is 5.75 Å². The van der Waals surface area contributed by atoms with Crippen LogP contribution in [0.15, 0.2) is 42.5 Å². The summed E-state index contributed by atoms with van der Waals surface area (Å²) in [6, 6.07) is 12.5. The summed E-state index contributed by atoms with van der Waals surface area (Å²) in [5.74, 6) is 0.337. The van der Waals surface area contributed by atoms with Crippen LogP contribution >= 0.6 is 0 Å². The summed E-state index contributed by atoms with van der Waals surface area (Å²) in [5, 5.41) is 12.4. The molecule has 8 nitrogen and oxygen atoms in total. The van der Waals surface area contributed by atoms with Gasteiger partial charge in [0.15, 0.2) is 0 Å². The predicted octanol–water partition coefficient (Wildman–Crippen LogP) is 4.53. The van der Waals surface area contributed by atoms with E-state index >= 15 is 0 Å². The van der Waals surface area contributed by atoms with Crippen LogP contribution in [0.2, 0.25) is 0 Å². The Morgan fingerprint density at radius 1 is 1.17 bits per heavy atom. The van der Waals surface area contributed by atoms with Crippen molar-refractivity contribution < 1.29 is 28.9 Å². The number of nitrogens with zero attached hydrogens (tertiary/aromatic N) is 1. The molecular weight excluding hydrogens is 448 g/mol. The molecule has 1 fully saturated rings. The fraction of sp³-hybridized carbons (Fsp3) is 0.481. The number of aryl methyl sites for hydroxylation is 1. The molecule has 190 valence electrons. The summed E-state index contributed by atoms with van der Waals surface area (Å²) in [4.78, 5) is 27.7. The number of hydrogen-bond donors (Lipinski definition) is 2. The van der Waals surface area contributed by atoms with Crippen molar-refractivity contribution in [2.75, 3.05) is 31.7 Å². The van der Waals surface area contributed by atoms with Crippen LogP contribution in [-0.2, 0) is 16.1 Å². The van der Waals surface area contributed by atoms with E-state index in [0.29, 0.717) is 43.2 Å². The Labute approximate surface area is 207 Å². The Balaban J connectivity index is 1.76. The summed E-state index contributed by atoms with van der Waals surface area (Å²) in [5.41, 5.74) is 2.30. The second-order valence-electron chi connectivity index (χ2n) is 8.95. The van der Waals surface area contributed by atoms with E-state index in [1.165, 1.54) is 0 Å². The lowest BCUT2D eigenvalue weighted by molar-refractivity contribution is 0.0678. The van der Waals surface area contributed by atoms with Gasteiger partial charge < -0.3 is 24.2 Å². The quantitative estimate of drug-likeness (QED) is 0.455. The number of likely N-dealkylation sites (tertiary alicyclic amines) is 1. The molecule has 8 heteroatoms. The van der Waals surface area contributed by atoms with Crippen LogP contribution in [0.25, 0.3) is 0 Å². The van der Waals surface area contributed by atoms with Crippen molar-refractivity contribution in [2.45, 2.75) is 58.8 Å². The van der Waals surface area contributed by atoms with Crippen LogP contribution in [0.1, 0.15) is 54.6 Å². The summed E-state index contributed by atoms with van der Waals surface area (Å²) in [6.07, 6.45) is 1.79. The van der Waals surface area contributed by atoms with E-state index in [1.54, 1.807) is 17.0 Å². The highest BCUT2D eigenvalue weighted by molar-refractivity contribution is 6.03. The number of rotatable bonds is 11. The topological polar surface area (TPSA) is 97.3 Å². The molecule has 1 aliphatic rings. The monoisotopic (exact) mass is 484 g/mol. The Kier molecular flexibility index (Phi) is 9.93. The van der Waals surface area contributed by atoms with Crippen LogP contribution < -0.4 is 10.1 Å². The Bertz CT molecular complexity index is 979. The Morgan fingerprint density at radius 2 is 1.94 bits per heavy atom. The van der Waals surface area contributed by atoms with Crippen molar-refractivity contribution in [3.63, 3.8) is 0 Å². The van der Waals surface area contributed by atoms with Crippen LogP contribution in [0.3, 0.4) is 0 Å². The average Bonchev–Trinajstić information content (AvgIpc) is 3.33. The Morgan fingerprint density at radius 3 is 2.66 bits per heavy atom. The minimum Gasteiger partial charge on any atom is -0.493 e. The predicted molar refractivity (Wildman–Crippen MR) is 134 cm³/mol. The molecule has 0 unspecified atom stereocenters. The van der Waals surface area contributed by atoms with E-state index in [-0.39, 0.29) is 31.3 Å². The number of ether oxygens (including phenoxy) is 3. The van der Waals surface area contributed by atoms with Gasteiger partial charge in [0.1, 0.15) is 12.4 Å². The molecule has 3 rings (SSSR count). The van der Waals surface area contributed by atoms with Gasteiger partial charge in [-0.2, -0.15) is 0 Å². The SMILES string of the molecule is Cc1cc(C(=O)N2CCC[C@H]2CO)c(NC(=O)OCc2ccccc2)cc1OCCCOC(C)C. The van der Waals surface area contributed by atoms with Crippen LogP contribution in [0.5, 0.6) is 5.75 Å². The average molecular weight is 485 g/mol. The minimum absolute atomic E-state index is 0.0910. The summed E-state index contributed by atoms with van der Waals surface area (Å²) >= 11 is 0. The first kappa shape index (κ1) is 26.5. The van der Waals surface area contributed by atoms with E-state index in [4.69, 9.17) is 14.2 Å². The van der Waals surface area contributed by atoms with Gasteiger partial charge in [0.25, 0.3) is 5.91 Å². The number of carbonyl (C=O) groups excluding carboxylic acids is 2. The molecular formula is C27H36N2O6. The third-order valence-corrected chi connectivity index (χ3v) is 5.84. The lowest BCUT2D eigenvalue weighted by Crippen LogP contribution is -2.38. The highest BCUT2D eigenvalue weighted by Gasteiger charge is 2.31. The highest BCUT2D eigenvalue weighted by Crippen LogP contribution is 2.30. The van der Waals surface area contributed by atoms with Gasteiger partial charge >= 0.3 is 6.09 Å². The normalized spacial score (nSPS) is 15.3. The van der Waals surface area contributed by atoms with Gasteiger partial charge in [-0.1, -0.05) is 30.3 Å². The van der Waals surface area contributed by atoms with Crippen LogP contribution in [0, 0.1) is 6.92 Å². The molecule has 0 spiro atoms. The number of aliphatic hydroxyl groups is 1. The maximum absolute atomic E-state index is 13.4. The van der Waals surface area contributed by atoms with Gasteiger partial charge in [0.05, 0.1) is 43.2 Å². The lowest BCUT2D eigenvalue weighted by Gasteiger charge is -2.25. The third-order valence-electron chi connectivity index (χ3n) is 5.84. The minimum atomic E-state index is -0.664. The molecule has 2 N–H and O–H groups in total. The van der Waals surface area contributed by atoms with Gasteiger partial charge in [-0.25, -0.2) is 4.79 Å². The van der Waals surface area contributed by atoms with Gasteiger partial charge in [-0.3, -0.25) is 10.1 Å². The molecule has 0 aliphatic carbocycles.